The molecule has 0 aliphatic rings. The number of allylic oxidation sites excluding steroid dienone is 7. The predicted octanol–water partition coefficient (Wildman–Crippen LogP) is 8.88. The number of benzene rings is 2. The lowest BCUT2D eigenvalue weighted by atomic mass is 9.99. The molecule has 0 aliphatic carbocycles. The number of ether oxygens (including phenoxy) is 1. The number of hydrogen-bond acceptors (Lipinski definition) is 6. The van der Waals surface area contributed by atoms with Crippen molar-refractivity contribution in [1.82, 2.24) is 0 Å². The highest BCUT2D eigenvalue weighted by Crippen LogP contribution is 2.39. The van der Waals surface area contributed by atoms with Gasteiger partial charge in [0.2, 0.25) is 11.2 Å². The number of aromatic hydroxyl groups is 3. The Morgan fingerprint density at radius 3 is 2.10 bits per heavy atom. The van der Waals surface area contributed by atoms with Crippen molar-refractivity contribution in [3.63, 3.8) is 0 Å². The van der Waals surface area contributed by atoms with Gasteiger partial charge in [0.25, 0.3) is 0 Å². The van der Waals surface area contributed by atoms with Crippen molar-refractivity contribution in [2.75, 3.05) is 6.61 Å². The molecule has 0 spiro atoms. The molecule has 2 aromatic carbocycles. The van der Waals surface area contributed by atoms with Crippen molar-refractivity contribution in [1.29, 1.82) is 0 Å². The number of fused-ring (bicyclic) bond motifs is 1. The summed E-state index contributed by atoms with van der Waals surface area (Å²) in [6.07, 6.45) is 12.2. The molecule has 0 amide bonds. The van der Waals surface area contributed by atoms with Crippen LogP contribution >= 0.6 is 0 Å². The van der Waals surface area contributed by atoms with Crippen LogP contribution in [0, 0.1) is 0 Å². The standard InChI is InChI=1S/C35H42O6/c1-22(2)10-7-8-12-25(6)20-28-29(37)21-30(38)31-32(39)35(40-19-18-24(5)13-9-11-23(3)4)33(41-34(28)31)26-14-16-27(36)17-15-26/h10-12,14-18,21,36-38H,7-9,13,19-20H2,1-6H3/b24-18+,25-12+. The molecule has 3 rings (SSSR count). The first-order valence-corrected chi connectivity index (χ1v) is 14.0. The van der Waals surface area contributed by atoms with Crippen LogP contribution in [0.5, 0.6) is 23.0 Å². The molecule has 0 radical (unpaired) electrons. The Kier molecular flexibility index (Phi) is 11.0. The largest absolute Gasteiger partial charge is 0.508 e. The monoisotopic (exact) mass is 558 g/mol. The van der Waals surface area contributed by atoms with Gasteiger partial charge in [0.05, 0.1) is 0 Å². The third-order valence-electron chi connectivity index (χ3n) is 6.73. The summed E-state index contributed by atoms with van der Waals surface area (Å²) >= 11 is 0. The SMILES string of the molecule is CC(C)=CCC/C=C(\C)Cc1c(O)cc(O)c2c(=O)c(OC/C=C(\C)CCC=C(C)C)c(-c3ccc(O)cc3)oc12. The van der Waals surface area contributed by atoms with Crippen LogP contribution in [0.15, 0.2) is 86.1 Å². The highest BCUT2D eigenvalue weighted by molar-refractivity contribution is 5.91. The van der Waals surface area contributed by atoms with Crippen LogP contribution in [0.3, 0.4) is 0 Å². The zero-order valence-corrected chi connectivity index (χ0v) is 25.0. The van der Waals surface area contributed by atoms with E-state index >= 15 is 0 Å². The predicted molar refractivity (Wildman–Crippen MR) is 167 cm³/mol. The first-order valence-electron chi connectivity index (χ1n) is 14.0. The topological polar surface area (TPSA) is 100 Å². The van der Waals surface area contributed by atoms with E-state index < -0.39 is 5.43 Å². The summed E-state index contributed by atoms with van der Waals surface area (Å²) in [6, 6.07) is 7.43. The molecule has 1 aromatic heterocycles. The Labute approximate surface area is 242 Å². The normalized spacial score (nSPS) is 12.0. The van der Waals surface area contributed by atoms with E-state index in [0.717, 1.165) is 36.8 Å². The number of hydrogen-bond donors (Lipinski definition) is 3. The van der Waals surface area contributed by atoms with E-state index in [0.29, 0.717) is 17.5 Å². The van der Waals surface area contributed by atoms with Gasteiger partial charge in [-0.25, -0.2) is 0 Å². The van der Waals surface area contributed by atoms with Crippen molar-refractivity contribution in [3.05, 3.63) is 92.7 Å². The molecule has 6 heteroatoms. The van der Waals surface area contributed by atoms with Crippen LogP contribution in [0.2, 0.25) is 0 Å². The van der Waals surface area contributed by atoms with Gasteiger partial charge >= 0.3 is 0 Å². The second-order valence-corrected chi connectivity index (χ2v) is 11.0. The molecule has 0 fully saturated rings. The summed E-state index contributed by atoms with van der Waals surface area (Å²) in [5.74, 6) is -0.350. The van der Waals surface area contributed by atoms with Gasteiger partial charge in [-0.3, -0.25) is 4.79 Å². The summed E-state index contributed by atoms with van der Waals surface area (Å²) < 4.78 is 12.3. The molecule has 1 heterocycles. The first kappa shape index (κ1) is 31.3. The van der Waals surface area contributed by atoms with Crippen LogP contribution in [-0.4, -0.2) is 21.9 Å². The molecule has 0 saturated heterocycles. The number of phenols is 3. The van der Waals surface area contributed by atoms with E-state index in [-0.39, 0.29) is 46.3 Å². The second-order valence-electron chi connectivity index (χ2n) is 11.0. The molecule has 0 bridgehead atoms. The fourth-order valence-corrected chi connectivity index (χ4v) is 4.48. The van der Waals surface area contributed by atoms with Crippen LogP contribution in [0.4, 0.5) is 0 Å². The van der Waals surface area contributed by atoms with Crippen molar-refractivity contribution >= 4 is 11.0 Å². The molecule has 0 atom stereocenters. The van der Waals surface area contributed by atoms with Crippen LogP contribution in [0.1, 0.15) is 72.8 Å². The van der Waals surface area contributed by atoms with E-state index in [9.17, 15) is 20.1 Å². The Bertz CT molecular complexity index is 1540. The third-order valence-corrected chi connectivity index (χ3v) is 6.73. The Morgan fingerprint density at radius 2 is 1.44 bits per heavy atom. The van der Waals surface area contributed by atoms with Gasteiger partial charge in [-0.15, -0.1) is 0 Å². The lowest BCUT2D eigenvalue weighted by Gasteiger charge is -2.15. The maximum atomic E-state index is 13.8. The zero-order valence-electron chi connectivity index (χ0n) is 25.0. The first-order chi connectivity index (χ1) is 19.5. The van der Waals surface area contributed by atoms with Crippen molar-refractivity contribution in [3.8, 4) is 34.3 Å². The minimum atomic E-state index is -0.533. The Hall–Kier alpha value is -4.19. The molecule has 0 saturated carbocycles. The van der Waals surface area contributed by atoms with Gasteiger partial charge < -0.3 is 24.5 Å². The van der Waals surface area contributed by atoms with E-state index in [1.807, 2.05) is 19.9 Å². The van der Waals surface area contributed by atoms with Gasteiger partial charge in [-0.05, 0) is 97.6 Å². The molecule has 3 N–H and O–H groups in total. The van der Waals surface area contributed by atoms with E-state index in [2.05, 4.69) is 45.9 Å². The second kappa shape index (κ2) is 14.4. The van der Waals surface area contributed by atoms with Gasteiger partial charge in [-0.1, -0.05) is 40.5 Å². The fraction of sp³-hybridized carbons (Fsp3) is 0.343. The highest BCUT2D eigenvalue weighted by atomic mass is 16.5. The lowest BCUT2D eigenvalue weighted by molar-refractivity contribution is 0.349. The van der Waals surface area contributed by atoms with Crippen molar-refractivity contribution < 1.29 is 24.5 Å². The summed E-state index contributed by atoms with van der Waals surface area (Å²) in [6.45, 7) is 12.4. The van der Waals surface area contributed by atoms with Crippen LogP contribution in [0.25, 0.3) is 22.3 Å². The molecule has 41 heavy (non-hydrogen) atoms. The summed E-state index contributed by atoms with van der Waals surface area (Å²) in [4.78, 5) is 13.8. The summed E-state index contributed by atoms with van der Waals surface area (Å²) in [5.41, 5.74) is 5.15. The van der Waals surface area contributed by atoms with Crippen LogP contribution in [-0.2, 0) is 6.42 Å². The van der Waals surface area contributed by atoms with Gasteiger partial charge in [0.15, 0.2) is 5.76 Å². The molecule has 0 unspecified atom stereocenters. The van der Waals surface area contributed by atoms with Crippen molar-refractivity contribution in [2.45, 2.75) is 73.6 Å². The average molecular weight is 559 g/mol. The summed E-state index contributed by atoms with van der Waals surface area (Å²) in [5, 5.41) is 31.3. The average Bonchev–Trinajstić information content (AvgIpc) is 2.90. The third kappa shape index (κ3) is 8.65. The lowest BCUT2D eigenvalue weighted by Crippen LogP contribution is -2.11. The molecular weight excluding hydrogens is 516 g/mol. The number of phenolic OH excluding ortho intramolecular Hbond substituents is 3. The van der Waals surface area contributed by atoms with Crippen molar-refractivity contribution in [2.24, 2.45) is 0 Å². The van der Waals surface area contributed by atoms with Crippen LogP contribution < -0.4 is 10.2 Å². The quantitative estimate of drug-likeness (QED) is 0.152. The molecular formula is C35H42O6. The Morgan fingerprint density at radius 1 is 0.805 bits per heavy atom. The molecule has 218 valence electrons. The molecule has 6 nitrogen and oxygen atoms in total. The smallest absolute Gasteiger partial charge is 0.239 e. The molecule has 0 aliphatic heterocycles. The minimum Gasteiger partial charge on any atom is -0.508 e. The van der Waals surface area contributed by atoms with E-state index in [1.165, 1.54) is 29.3 Å². The summed E-state index contributed by atoms with van der Waals surface area (Å²) in [7, 11) is 0. The molecule has 3 aromatic rings. The van der Waals surface area contributed by atoms with Gasteiger partial charge in [0.1, 0.15) is 34.8 Å². The Balaban J connectivity index is 2.09. The fourth-order valence-electron chi connectivity index (χ4n) is 4.48. The minimum absolute atomic E-state index is 0.0440. The maximum absolute atomic E-state index is 13.8. The van der Waals surface area contributed by atoms with Gasteiger partial charge in [0, 0.05) is 23.6 Å². The highest BCUT2D eigenvalue weighted by Gasteiger charge is 2.24. The maximum Gasteiger partial charge on any atom is 0.239 e. The zero-order chi connectivity index (χ0) is 30.1. The van der Waals surface area contributed by atoms with E-state index in [1.54, 1.807) is 12.1 Å². The van der Waals surface area contributed by atoms with Gasteiger partial charge in [-0.2, -0.15) is 0 Å². The number of rotatable bonds is 12. The number of unbranched alkanes of at least 4 members (excludes halogenated alkanes) is 1. The van der Waals surface area contributed by atoms with E-state index in [4.69, 9.17) is 9.15 Å².